The molecule has 130 valence electrons. The normalized spacial score (nSPS) is 32.9. The second-order valence-corrected chi connectivity index (χ2v) is 7.48. The van der Waals surface area contributed by atoms with Gasteiger partial charge < -0.3 is 19.3 Å². The van der Waals surface area contributed by atoms with Crippen molar-refractivity contribution in [2.75, 3.05) is 4.90 Å². The molecule has 2 aliphatic carbocycles. The molecule has 4 aliphatic rings. The fourth-order valence-electron chi connectivity index (χ4n) is 4.62. The Hall–Kier alpha value is -2.38. The molecule has 25 heavy (non-hydrogen) atoms. The number of nitrogens with zero attached hydrogens (tertiary/aromatic N) is 5. The van der Waals surface area contributed by atoms with Crippen LogP contribution in [-0.4, -0.2) is 32.0 Å². The van der Waals surface area contributed by atoms with E-state index < -0.39 is 6.17 Å². The van der Waals surface area contributed by atoms with E-state index in [4.69, 9.17) is 4.52 Å². The molecule has 2 aromatic heterocycles. The molecule has 0 spiro atoms. The van der Waals surface area contributed by atoms with Gasteiger partial charge in [-0.25, -0.2) is 9.37 Å². The summed E-state index contributed by atoms with van der Waals surface area (Å²) in [6, 6.07) is 0.111. The molecule has 0 amide bonds. The highest BCUT2D eigenvalue weighted by atomic mass is 19.1. The number of anilines is 1. The summed E-state index contributed by atoms with van der Waals surface area (Å²) in [7, 11) is 0. The minimum Gasteiger partial charge on any atom is -0.369 e. The van der Waals surface area contributed by atoms with Crippen LogP contribution in [0, 0.1) is 5.92 Å². The van der Waals surface area contributed by atoms with Crippen LogP contribution in [0.2, 0.25) is 0 Å². The number of imidazole rings is 1. The van der Waals surface area contributed by atoms with Gasteiger partial charge in [0.25, 0.3) is 5.89 Å². The molecule has 4 unspecified atom stereocenters. The summed E-state index contributed by atoms with van der Waals surface area (Å²) >= 11 is 0. The quantitative estimate of drug-likeness (QED) is 0.905. The van der Waals surface area contributed by atoms with Crippen molar-refractivity contribution < 1.29 is 8.91 Å². The number of hydrogen-bond acceptors (Lipinski definition) is 6. The standard InChI is InChI=1S/C17H19FN6O/c18-10-2-1-3-11-12(10)15-19-6-7-23(15)17-13(20-8-24(11)17)16-21-14(22-25-16)9-4-5-9/h6-12,15,19H,1-5H2. The predicted octanol–water partition coefficient (Wildman–Crippen LogP) is 2.71. The van der Waals surface area contributed by atoms with Crippen LogP contribution in [0.4, 0.5) is 10.2 Å². The van der Waals surface area contributed by atoms with E-state index in [1.165, 1.54) is 0 Å². The molecular formula is C17H19FN6O. The van der Waals surface area contributed by atoms with Gasteiger partial charge in [0.1, 0.15) is 18.2 Å². The topological polar surface area (TPSA) is 72.0 Å². The number of aromatic nitrogens is 4. The number of rotatable bonds is 2. The van der Waals surface area contributed by atoms with Gasteiger partial charge in [-0.1, -0.05) is 5.16 Å². The summed E-state index contributed by atoms with van der Waals surface area (Å²) < 4.78 is 22.3. The average molecular weight is 342 g/mol. The summed E-state index contributed by atoms with van der Waals surface area (Å²) in [5.74, 6) is 2.52. The van der Waals surface area contributed by atoms with Crippen LogP contribution in [0.1, 0.15) is 49.9 Å². The van der Waals surface area contributed by atoms with Crippen molar-refractivity contribution in [2.24, 2.45) is 5.92 Å². The average Bonchev–Trinajstić information content (AvgIpc) is 3.03. The molecule has 0 bridgehead atoms. The van der Waals surface area contributed by atoms with Crippen molar-refractivity contribution in [2.45, 2.75) is 56.4 Å². The summed E-state index contributed by atoms with van der Waals surface area (Å²) in [4.78, 5) is 11.2. The van der Waals surface area contributed by atoms with E-state index >= 15 is 0 Å². The SMILES string of the molecule is FC1CCCC2C1C1NC=CN1c1c(-c3nc(C4CC4)no3)ncn12. The third-order valence-electron chi connectivity index (χ3n) is 5.96. The summed E-state index contributed by atoms with van der Waals surface area (Å²) in [6.07, 6.45) is 9.54. The molecule has 2 fully saturated rings. The first kappa shape index (κ1) is 13.9. The molecule has 8 heteroatoms. The lowest BCUT2D eigenvalue weighted by Crippen LogP contribution is -2.54. The number of fused-ring (bicyclic) bond motifs is 6. The summed E-state index contributed by atoms with van der Waals surface area (Å²) in [5.41, 5.74) is 0.692. The Balaban J connectivity index is 1.48. The minimum atomic E-state index is -0.803. The van der Waals surface area contributed by atoms with E-state index in [0.29, 0.717) is 23.9 Å². The van der Waals surface area contributed by atoms with Gasteiger partial charge >= 0.3 is 0 Å². The smallest absolute Gasteiger partial charge is 0.280 e. The van der Waals surface area contributed by atoms with E-state index in [9.17, 15) is 4.39 Å². The predicted molar refractivity (Wildman–Crippen MR) is 87.3 cm³/mol. The second kappa shape index (κ2) is 4.83. The first-order valence-corrected chi connectivity index (χ1v) is 9.07. The third kappa shape index (κ3) is 1.88. The highest BCUT2D eigenvalue weighted by Gasteiger charge is 2.49. The van der Waals surface area contributed by atoms with E-state index in [-0.39, 0.29) is 18.1 Å². The molecular weight excluding hydrogens is 323 g/mol. The van der Waals surface area contributed by atoms with Crippen LogP contribution in [-0.2, 0) is 0 Å². The number of halogens is 1. The molecule has 2 aromatic rings. The maximum atomic E-state index is 14.7. The molecule has 0 aromatic carbocycles. The van der Waals surface area contributed by atoms with Gasteiger partial charge in [0, 0.05) is 24.4 Å². The fourth-order valence-corrected chi connectivity index (χ4v) is 4.62. The van der Waals surface area contributed by atoms with Gasteiger partial charge in [-0.05, 0) is 32.1 Å². The molecule has 2 saturated carbocycles. The lowest BCUT2D eigenvalue weighted by molar-refractivity contribution is 0.0761. The molecule has 6 rings (SSSR count). The van der Waals surface area contributed by atoms with E-state index in [0.717, 1.165) is 37.3 Å². The van der Waals surface area contributed by atoms with Gasteiger partial charge in [0.05, 0.1) is 12.2 Å². The zero-order valence-corrected chi connectivity index (χ0v) is 13.7. The van der Waals surface area contributed by atoms with Crippen LogP contribution in [0.15, 0.2) is 23.3 Å². The lowest BCUT2D eigenvalue weighted by Gasteiger charge is -2.47. The zero-order valence-electron chi connectivity index (χ0n) is 13.7. The summed E-state index contributed by atoms with van der Waals surface area (Å²) in [6.45, 7) is 0. The van der Waals surface area contributed by atoms with Crippen LogP contribution in [0.25, 0.3) is 11.6 Å². The van der Waals surface area contributed by atoms with E-state index in [2.05, 4.69) is 29.9 Å². The van der Waals surface area contributed by atoms with Crippen molar-refractivity contribution in [3.8, 4) is 11.6 Å². The maximum Gasteiger partial charge on any atom is 0.280 e. The second-order valence-electron chi connectivity index (χ2n) is 7.48. The Bertz CT molecular complexity index is 855. The highest BCUT2D eigenvalue weighted by molar-refractivity contribution is 5.70. The van der Waals surface area contributed by atoms with E-state index in [1.54, 1.807) is 0 Å². The van der Waals surface area contributed by atoms with Gasteiger partial charge in [0.2, 0.25) is 0 Å². The van der Waals surface area contributed by atoms with Gasteiger partial charge in [-0.15, -0.1) is 0 Å². The Morgan fingerprint density at radius 3 is 3.04 bits per heavy atom. The Kier molecular flexibility index (Phi) is 2.68. The van der Waals surface area contributed by atoms with Gasteiger partial charge in [-0.2, -0.15) is 4.98 Å². The molecule has 1 N–H and O–H groups in total. The Morgan fingerprint density at radius 1 is 1.24 bits per heavy atom. The van der Waals surface area contributed by atoms with Crippen molar-refractivity contribution in [1.82, 2.24) is 25.0 Å². The van der Waals surface area contributed by atoms with Crippen LogP contribution in [0.5, 0.6) is 0 Å². The first-order chi connectivity index (χ1) is 12.3. The fraction of sp³-hybridized carbons (Fsp3) is 0.588. The van der Waals surface area contributed by atoms with Crippen molar-refractivity contribution in [1.29, 1.82) is 0 Å². The highest BCUT2D eigenvalue weighted by Crippen LogP contribution is 2.49. The monoisotopic (exact) mass is 342 g/mol. The van der Waals surface area contributed by atoms with Crippen LogP contribution >= 0.6 is 0 Å². The van der Waals surface area contributed by atoms with Crippen LogP contribution < -0.4 is 10.2 Å². The molecule has 7 nitrogen and oxygen atoms in total. The molecule has 4 atom stereocenters. The lowest BCUT2D eigenvalue weighted by atomic mass is 9.79. The number of nitrogens with one attached hydrogen (secondary N) is 1. The Labute approximate surface area is 143 Å². The number of hydrogen-bond donors (Lipinski definition) is 1. The van der Waals surface area contributed by atoms with Crippen molar-refractivity contribution in [3.63, 3.8) is 0 Å². The minimum absolute atomic E-state index is 0.0749. The zero-order chi connectivity index (χ0) is 16.5. The molecule has 4 heterocycles. The van der Waals surface area contributed by atoms with Crippen molar-refractivity contribution in [3.05, 3.63) is 24.6 Å². The summed E-state index contributed by atoms with van der Waals surface area (Å²) in [5, 5.41) is 7.44. The maximum absolute atomic E-state index is 14.7. The van der Waals surface area contributed by atoms with Gasteiger partial charge in [-0.3, -0.25) is 0 Å². The van der Waals surface area contributed by atoms with Crippen molar-refractivity contribution >= 4 is 5.82 Å². The number of alkyl halides is 1. The third-order valence-corrected chi connectivity index (χ3v) is 5.96. The molecule has 2 aliphatic heterocycles. The van der Waals surface area contributed by atoms with E-state index in [1.807, 2.05) is 18.7 Å². The first-order valence-electron chi connectivity index (χ1n) is 9.07. The Morgan fingerprint density at radius 2 is 2.16 bits per heavy atom. The van der Waals surface area contributed by atoms with Gasteiger partial charge in [0.15, 0.2) is 11.5 Å². The largest absolute Gasteiger partial charge is 0.369 e. The molecule has 0 radical (unpaired) electrons. The van der Waals surface area contributed by atoms with Crippen LogP contribution in [0.3, 0.4) is 0 Å². The molecule has 0 saturated heterocycles.